The van der Waals surface area contributed by atoms with Crippen molar-refractivity contribution < 1.29 is 9.84 Å². The first kappa shape index (κ1) is 10.9. The number of aliphatic hydroxyl groups excluding tert-OH is 1. The molecule has 3 nitrogen and oxygen atoms in total. The highest BCUT2D eigenvalue weighted by Crippen LogP contribution is 2.24. The molecule has 84 valence electrons. The summed E-state index contributed by atoms with van der Waals surface area (Å²) in [5, 5.41) is 9.88. The molecule has 0 saturated carbocycles. The molecule has 3 unspecified atom stereocenters. The second-order valence-electron chi connectivity index (χ2n) is 4.47. The van der Waals surface area contributed by atoms with Gasteiger partial charge in [0, 0.05) is 19.0 Å². The molecule has 0 aromatic heterocycles. The molecular weight excluding hydrogens is 190 g/mol. The predicted octanol–water partition coefficient (Wildman–Crippen LogP) is 0.624. The Balaban J connectivity index is 1.81. The van der Waals surface area contributed by atoms with Gasteiger partial charge >= 0.3 is 0 Å². The van der Waals surface area contributed by atoms with Crippen LogP contribution in [0, 0.1) is 12.3 Å². The van der Waals surface area contributed by atoms with Crippen LogP contribution in [0.15, 0.2) is 0 Å². The van der Waals surface area contributed by atoms with Crippen molar-refractivity contribution in [3.8, 4) is 12.3 Å². The van der Waals surface area contributed by atoms with E-state index in [1.165, 1.54) is 12.8 Å². The van der Waals surface area contributed by atoms with Gasteiger partial charge in [-0.15, -0.1) is 12.3 Å². The number of fused-ring (bicyclic) bond motifs is 1. The predicted molar refractivity (Wildman–Crippen MR) is 58.4 cm³/mol. The van der Waals surface area contributed by atoms with Crippen LogP contribution in [0.2, 0.25) is 0 Å². The molecular formula is C12H19NO2. The maximum atomic E-state index is 9.88. The highest BCUT2D eigenvalue weighted by atomic mass is 16.5. The minimum Gasteiger partial charge on any atom is -0.390 e. The summed E-state index contributed by atoms with van der Waals surface area (Å²) >= 11 is 0. The van der Waals surface area contributed by atoms with Gasteiger partial charge in [-0.05, 0) is 25.8 Å². The number of ether oxygens (including phenoxy) is 1. The Labute approximate surface area is 91.4 Å². The van der Waals surface area contributed by atoms with Gasteiger partial charge in [-0.1, -0.05) is 0 Å². The molecule has 0 aromatic rings. The van der Waals surface area contributed by atoms with Crippen molar-refractivity contribution in [2.45, 2.75) is 43.9 Å². The molecule has 0 amide bonds. The first-order valence-corrected chi connectivity index (χ1v) is 5.78. The second kappa shape index (κ2) is 4.98. The molecule has 2 heterocycles. The van der Waals surface area contributed by atoms with Gasteiger partial charge in [-0.25, -0.2) is 0 Å². The van der Waals surface area contributed by atoms with Crippen molar-refractivity contribution in [2.75, 3.05) is 19.7 Å². The van der Waals surface area contributed by atoms with E-state index >= 15 is 0 Å². The molecule has 0 radical (unpaired) electrons. The van der Waals surface area contributed by atoms with E-state index in [0.717, 1.165) is 19.7 Å². The van der Waals surface area contributed by atoms with E-state index in [1.807, 2.05) is 0 Å². The van der Waals surface area contributed by atoms with Crippen LogP contribution in [0.1, 0.15) is 25.7 Å². The SMILES string of the molecule is C#CCCC(O)C1CN2CCCC2CO1. The summed E-state index contributed by atoms with van der Waals surface area (Å²) in [4.78, 5) is 2.44. The standard InChI is InChI=1S/C12H19NO2/c1-2-3-6-11(14)12-8-13-7-4-5-10(13)9-15-12/h1,10-12,14H,3-9H2. The fourth-order valence-electron chi connectivity index (χ4n) is 2.49. The fraction of sp³-hybridized carbons (Fsp3) is 0.833. The molecule has 2 aliphatic heterocycles. The maximum Gasteiger partial charge on any atom is 0.0961 e. The summed E-state index contributed by atoms with van der Waals surface area (Å²) < 4.78 is 5.69. The van der Waals surface area contributed by atoms with E-state index in [4.69, 9.17) is 11.2 Å². The van der Waals surface area contributed by atoms with E-state index in [2.05, 4.69) is 10.8 Å². The summed E-state index contributed by atoms with van der Waals surface area (Å²) in [5.41, 5.74) is 0. The lowest BCUT2D eigenvalue weighted by atomic mass is 10.1. The van der Waals surface area contributed by atoms with Crippen LogP contribution >= 0.6 is 0 Å². The van der Waals surface area contributed by atoms with Gasteiger partial charge in [-0.3, -0.25) is 4.90 Å². The van der Waals surface area contributed by atoms with Crippen LogP contribution in [0.3, 0.4) is 0 Å². The van der Waals surface area contributed by atoms with Crippen LogP contribution in [0.4, 0.5) is 0 Å². The number of terminal acetylenes is 1. The van der Waals surface area contributed by atoms with Gasteiger partial charge < -0.3 is 9.84 Å². The van der Waals surface area contributed by atoms with Crippen LogP contribution in [-0.2, 0) is 4.74 Å². The lowest BCUT2D eigenvalue weighted by Crippen LogP contribution is -2.50. The Hall–Kier alpha value is -0.560. The second-order valence-corrected chi connectivity index (χ2v) is 4.47. The normalized spacial score (nSPS) is 33.3. The lowest BCUT2D eigenvalue weighted by molar-refractivity contribution is -0.103. The maximum absolute atomic E-state index is 9.88. The molecule has 2 saturated heterocycles. The van der Waals surface area contributed by atoms with Crippen LogP contribution in [0.5, 0.6) is 0 Å². The Bertz CT molecular complexity index is 248. The molecule has 2 rings (SSSR count). The average molecular weight is 209 g/mol. The summed E-state index contributed by atoms with van der Waals surface area (Å²) in [6.07, 6.45) is 8.53. The van der Waals surface area contributed by atoms with Crippen molar-refractivity contribution in [2.24, 2.45) is 0 Å². The number of hydrogen-bond acceptors (Lipinski definition) is 3. The van der Waals surface area contributed by atoms with E-state index in [-0.39, 0.29) is 6.10 Å². The molecule has 3 heteroatoms. The van der Waals surface area contributed by atoms with Crippen molar-refractivity contribution in [3.63, 3.8) is 0 Å². The summed E-state index contributed by atoms with van der Waals surface area (Å²) in [7, 11) is 0. The number of rotatable bonds is 3. The average Bonchev–Trinajstić information content (AvgIpc) is 2.72. The first-order valence-electron chi connectivity index (χ1n) is 5.78. The first-order chi connectivity index (χ1) is 7.31. The summed E-state index contributed by atoms with van der Waals surface area (Å²) in [6, 6.07) is 0.598. The minimum absolute atomic E-state index is 0.0345. The third-order valence-corrected chi connectivity index (χ3v) is 3.43. The Morgan fingerprint density at radius 1 is 1.60 bits per heavy atom. The summed E-state index contributed by atoms with van der Waals surface area (Å²) in [6.45, 7) is 2.81. The molecule has 15 heavy (non-hydrogen) atoms. The van der Waals surface area contributed by atoms with Gasteiger partial charge in [0.1, 0.15) is 0 Å². The molecule has 0 bridgehead atoms. The van der Waals surface area contributed by atoms with E-state index in [1.54, 1.807) is 0 Å². The Kier molecular flexibility index (Phi) is 3.63. The third kappa shape index (κ3) is 2.52. The highest BCUT2D eigenvalue weighted by Gasteiger charge is 2.34. The monoisotopic (exact) mass is 209 g/mol. The zero-order valence-corrected chi connectivity index (χ0v) is 9.06. The van der Waals surface area contributed by atoms with Crippen LogP contribution in [0.25, 0.3) is 0 Å². The molecule has 2 aliphatic rings. The van der Waals surface area contributed by atoms with Gasteiger partial charge in [0.25, 0.3) is 0 Å². The van der Waals surface area contributed by atoms with Gasteiger partial charge in [0.05, 0.1) is 18.8 Å². The Morgan fingerprint density at radius 3 is 3.27 bits per heavy atom. The topological polar surface area (TPSA) is 32.7 Å². The van der Waals surface area contributed by atoms with Gasteiger partial charge in [0.2, 0.25) is 0 Å². The molecule has 0 aromatic carbocycles. The zero-order chi connectivity index (χ0) is 10.7. The third-order valence-electron chi connectivity index (χ3n) is 3.43. The number of aliphatic hydroxyl groups is 1. The van der Waals surface area contributed by atoms with Crippen molar-refractivity contribution in [1.82, 2.24) is 4.90 Å². The molecule has 0 spiro atoms. The lowest BCUT2D eigenvalue weighted by Gasteiger charge is -2.37. The van der Waals surface area contributed by atoms with Crippen LogP contribution in [-0.4, -0.2) is 48.0 Å². The largest absolute Gasteiger partial charge is 0.390 e. The molecule has 3 atom stereocenters. The number of morpholine rings is 1. The van der Waals surface area contributed by atoms with Gasteiger partial charge in [-0.2, -0.15) is 0 Å². The quantitative estimate of drug-likeness (QED) is 0.692. The van der Waals surface area contributed by atoms with Crippen molar-refractivity contribution in [1.29, 1.82) is 0 Å². The highest BCUT2D eigenvalue weighted by molar-refractivity contribution is 4.90. The number of nitrogens with zero attached hydrogens (tertiary/aromatic N) is 1. The van der Waals surface area contributed by atoms with Gasteiger partial charge in [0.15, 0.2) is 0 Å². The Morgan fingerprint density at radius 2 is 2.47 bits per heavy atom. The van der Waals surface area contributed by atoms with Crippen molar-refractivity contribution >= 4 is 0 Å². The minimum atomic E-state index is -0.400. The molecule has 0 aliphatic carbocycles. The van der Waals surface area contributed by atoms with E-state index < -0.39 is 6.10 Å². The summed E-state index contributed by atoms with van der Waals surface area (Å²) in [5.74, 6) is 2.55. The van der Waals surface area contributed by atoms with Crippen molar-refractivity contribution in [3.05, 3.63) is 0 Å². The van der Waals surface area contributed by atoms with Crippen LogP contribution < -0.4 is 0 Å². The molecule has 1 N–H and O–H groups in total. The smallest absolute Gasteiger partial charge is 0.0961 e. The van der Waals surface area contributed by atoms with E-state index in [0.29, 0.717) is 18.9 Å². The van der Waals surface area contributed by atoms with E-state index in [9.17, 15) is 5.11 Å². The zero-order valence-electron chi connectivity index (χ0n) is 9.06. The fourth-order valence-corrected chi connectivity index (χ4v) is 2.49. The number of hydrogen-bond donors (Lipinski definition) is 1. The molecule has 2 fully saturated rings.